The second-order valence-corrected chi connectivity index (χ2v) is 15.2. The van der Waals surface area contributed by atoms with Gasteiger partial charge < -0.3 is 0 Å². The van der Waals surface area contributed by atoms with E-state index in [2.05, 4.69) is 172 Å². The lowest BCUT2D eigenvalue weighted by atomic mass is 10.0. The fraction of sp³-hybridized carbons (Fsp3) is 0.100. The Morgan fingerprint density at radius 3 is 1.12 bits per heavy atom. The smallest absolute Gasteiger partial charge is 0.0624 e. The van der Waals surface area contributed by atoms with Crippen LogP contribution < -0.4 is 15.6 Å². The number of benzene rings is 6. The van der Waals surface area contributed by atoms with E-state index < -0.39 is 8.07 Å². The fourth-order valence-electron chi connectivity index (χ4n) is 6.01. The second kappa shape index (κ2) is 12.0. The van der Waals surface area contributed by atoms with Crippen LogP contribution >= 0.6 is 0 Å². The summed E-state index contributed by atoms with van der Waals surface area (Å²) in [6.45, 7) is 4.28. The third kappa shape index (κ3) is 5.73. The Morgan fingerprint density at radius 2 is 0.707 bits per heavy atom. The van der Waals surface area contributed by atoms with Crippen LogP contribution in [0.4, 0.5) is 0 Å². The molecule has 200 valence electrons. The molecule has 0 heterocycles. The molecule has 41 heavy (non-hydrogen) atoms. The van der Waals surface area contributed by atoms with Crippen LogP contribution in [0, 0.1) is 13.8 Å². The molecular weight excluding hydrogens is 509 g/mol. The molecule has 0 aliphatic rings. The first-order valence-electron chi connectivity index (χ1n) is 14.6. The summed E-state index contributed by atoms with van der Waals surface area (Å²) in [5.74, 6) is 0. The van der Waals surface area contributed by atoms with Gasteiger partial charge in [0.25, 0.3) is 0 Å². The Bertz CT molecular complexity index is 1640. The lowest BCUT2D eigenvalue weighted by molar-refractivity contribution is 1.11. The third-order valence-corrected chi connectivity index (χ3v) is 13.4. The quantitative estimate of drug-likeness (QED) is 0.133. The molecule has 0 aliphatic heterocycles. The molecule has 0 aliphatic carbocycles. The predicted octanol–water partition coefficient (Wildman–Crippen LogP) is 8.35. The van der Waals surface area contributed by atoms with Crippen LogP contribution in [0.2, 0.25) is 6.04 Å². The predicted molar refractivity (Wildman–Crippen MR) is 179 cm³/mol. The summed E-state index contributed by atoms with van der Waals surface area (Å²) >= 11 is 0. The van der Waals surface area contributed by atoms with E-state index >= 15 is 0 Å². The van der Waals surface area contributed by atoms with Gasteiger partial charge in [-0.25, -0.2) is 0 Å². The fourth-order valence-corrected chi connectivity index (χ4v) is 10.8. The third-order valence-electron chi connectivity index (χ3n) is 8.42. The SMILES string of the molecule is Cc1ccc(-c2ccc(CC[Si](c3ccccc3)(c3ccccc3)c3ccc(-c4ccc(C)cc4)cc3)cc2)cc1. The van der Waals surface area contributed by atoms with Crippen LogP contribution in [0.25, 0.3) is 22.3 Å². The minimum absolute atomic E-state index is 1.03. The van der Waals surface area contributed by atoms with Gasteiger partial charge in [0.2, 0.25) is 0 Å². The van der Waals surface area contributed by atoms with Crippen LogP contribution in [0.1, 0.15) is 16.7 Å². The van der Waals surface area contributed by atoms with Crippen LogP contribution in [0.3, 0.4) is 0 Å². The van der Waals surface area contributed by atoms with E-state index in [0.29, 0.717) is 0 Å². The molecule has 6 aromatic carbocycles. The molecule has 0 nitrogen and oxygen atoms in total. The van der Waals surface area contributed by atoms with E-state index in [9.17, 15) is 0 Å². The Labute approximate surface area is 246 Å². The van der Waals surface area contributed by atoms with Crippen molar-refractivity contribution in [2.75, 3.05) is 0 Å². The van der Waals surface area contributed by atoms with E-state index in [0.717, 1.165) is 12.5 Å². The highest BCUT2D eigenvalue weighted by Gasteiger charge is 2.38. The van der Waals surface area contributed by atoms with Gasteiger partial charge in [-0.15, -0.1) is 0 Å². The zero-order valence-electron chi connectivity index (χ0n) is 23.9. The minimum atomic E-state index is -2.32. The number of aryl methyl sites for hydroxylation is 3. The van der Waals surface area contributed by atoms with E-state index in [1.807, 2.05) is 0 Å². The van der Waals surface area contributed by atoms with Crippen molar-refractivity contribution < 1.29 is 0 Å². The Hall–Kier alpha value is -4.46. The first-order chi connectivity index (χ1) is 20.1. The molecule has 0 N–H and O–H groups in total. The lowest BCUT2D eigenvalue weighted by Gasteiger charge is -2.34. The molecule has 6 rings (SSSR count). The molecule has 0 radical (unpaired) electrons. The van der Waals surface area contributed by atoms with Gasteiger partial charge in [0.05, 0.1) is 0 Å². The molecule has 1 heteroatoms. The Morgan fingerprint density at radius 1 is 0.366 bits per heavy atom. The van der Waals surface area contributed by atoms with Gasteiger partial charge in [0.15, 0.2) is 0 Å². The van der Waals surface area contributed by atoms with Crippen LogP contribution in [-0.2, 0) is 6.42 Å². The van der Waals surface area contributed by atoms with Crippen molar-refractivity contribution in [3.05, 3.63) is 174 Å². The van der Waals surface area contributed by atoms with Gasteiger partial charge in [-0.2, -0.15) is 0 Å². The summed E-state index contributed by atoms with van der Waals surface area (Å²) in [6.07, 6.45) is 1.03. The molecule has 0 unspecified atom stereocenters. The topological polar surface area (TPSA) is 0 Å². The summed E-state index contributed by atoms with van der Waals surface area (Å²) < 4.78 is 0. The minimum Gasteiger partial charge on any atom is -0.0624 e. The number of hydrogen-bond donors (Lipinski definition) is 0. The van der Waals surface area contributed by atoms with Crippen molar-refractivity contribution in [2.45, 2.75) is 26.3 Å². The van der Waals surface area contributed by atoms with E-state index in [1.54, 1.807) is 0 Å². The molecule has 0 bridgehead atoms. The van der Waals surface area contributed by atoms with Gasteiger partial charge in [0, 0.05) is 0 Å². The summed E-state index contributed by atoms with van der Waals surface area (Å²) in [6, 6.07) is 59.9. The second-order valence-electron chi connectivity index (χ2n) is 11.1. The Kier molecular flexibility index (Phi) is 7.80. The molecule has 6 aromatic rings. The molecule has 0 aromatic heterocycles. The van der Waals surface area contributed by atoms with Gasteiger partial charge in [-0.3, -0.25) is 0 Å². The van der Waals surface area contributed by atoms with Gasteiger partial charge >= 0.3 is 0 Å². The number of hydrogen-bond acceptors (Lipinski definition) is 0. The maximum absolute atomic E-state index is 2.40. The van der Waals surface area contributed by atoms with Crippen LogP contribution in [0.15, 0.2) is 158 Å². The summed E-state index contributed by atoms with van der Waals surface area (Å²) in [5, 5.41) is 4.39. The van der Waals surface area contributed by atoms with Crippen molar-refractivity contribution in [1.82, 2.24) is 0 Å². The maximum Gasteiger partial charge on any atom is 0.148 e. The summed E-state index contributed by atoms with van der Waals surface area (Å²) in [5.41, 5.74) is 9.05. The monoisotopic (exact) mass is 544 g/mol. The van der Waals surface area contributed by atoms with Crippen LogP contribution in [-0.4, -0.2) is 8.07 Å². The average molecular weight is 545 g/mol. The molecule has 0 atom stereocenters. The molecular formula is C40H36Si. The zero-order valence-corrected chi connectivity index (χ0v) is 24.9. The van der Waals surface area contributed by atoms with Crippen LogP contribution in [0.5, 0.6) is 0 Å². The Balaban J connectivity index is 1.39. The van der Waals surface area contributed by atoms with Crippen molar-refractivity contribution in [3.63, 3.8) is 0 Å². The average Bonchev–Trinajstić information content (AvgIpc) is 3.04. The molecule has 0 spiro atoms. The van der Waals surface area contributed by atoms with Gasteiger partial charge in [0.1, 0.15) is 8.07 Å². The maximum atomic E-state index is 2.40. The van der Waals surface area contributed by atoms with Crippen molar-refractivity contribution in [3.8, 4) is 22.3 Å². The van der Waals surface area contributed by atoms with Gasteiger partial charge in [-0.1, -0.05) is 169 Å². The van der Waals surface area contributed by atoms with Crippen molar-refractivity contribution in [2.24, 2.45) is 0 Å². The summed E-state index contributed by atoms with van der Waals surface area (Å²) in [4.78, 5) is 0. The summed E-state index contributed by atoms with van der Waals surface area (Å²) in [7, 11) is -2.32. The zero-order chi connectivity index (χ0) is 28.1. The number of rotatable bonds is 8. The van der Waals surface area contributed by atoms with Crippen molar-refractivity contribution >= 4 is 23.6 Å². The standard InChI is InChI=1S/C40H36Si/c1-31-13-19-34(20-14-31)36-23-17-33(18-24-36)29-30-41(38-9-5-3-6-10-38,39-11-7-4-8-12-39)40-27-25-37(26-28-40)35-21-15-32(2)16-22-35/h3-28H,29-30H2,1-2H3. The molecule has 0 saturated heterocycles. The molecule has 0 fully saturated rings. The van der Waals surface area contributed by atoms with E-state index in [1.165, 1.54) is 54.5 Å². The van der Waals surface area contributed by atoms with Gasteiger partial charge in [-0.05, 0) is 69.7 Å². The first kappa shape index (κ1) is 26.7. The largest absolute Gasteiger partial charge is 0.148 e. The normalized spacial score (nSPS) is 11.4. The highest BCUT2D eigenvalue weighted by atomic mass is 28.3. The highest BCUT2D eigenvalue weighted by Crippen LogP contribution is 2.24. The molecule has 0 amide bonds. The van der Waals surface area contributed by atoms with E-state index in [4.69, 9.17) is 0 Å². The lowest BCUT2D eigenvalue weighted by Crippen LogP contribution is -2.67. The van der Waals surface area contributed by atoms with Crippen molar-refractivity contribution in [1.29, 1.82) is 0 Å². The highest BCUT2D eigenvalue weighted by molar-refractivity contribution is 7.11. The molecule has 0 saturated carbocycles. The first-order valence-corrected chi connectivity index (χ1v) is 16.8. The van der Waals surface area contributed by atoms with E-state index in [-0.39, 0.29) is 0 Å².